The van der Waals surface area contributed by atoms with Gasteiger partial charge in [-0.15, -0.1) is 0 Å². The van der Waals surface area contributed by atoms with Crippen LogP contribution in [0, 0.1) is 0 Å². The molecule has 0 saturated carbocycles. The van der Waals surface area contributed by atoms with Crippen LogP contribution in [0.4, 0.5) is 5.69 Å². The first-order valence-electron chi connectivity index (χ1n) is 6.45. The lowest BCUT2D eigenvalue weighted by molar-refractivity contribution is -0.123. The van der Waals surface area contributed by atoms with Gasteiger partial charge in [0.05, 0.1) is 12.7 Å². The van der Waals surface area contributed by atoms with E-state index in [0.29, 0.717) is 6.61 Å². The zero-order chi connectivity index (χ0) is 13.0. The van der Waals surface area contributed by atoms with Gasteiger partial charge in [0.15, 0.2) is 0 Å². The molecule has 4 nitrogen and oxygen atoms in total. The van der Waals surface area contributed by atoms with Gasteiger partial charge in [-0.2, -0.15) is 0 Å². The Kier molecular flexibility index (Phi) is 4.33. The Balaban J connectivity index is 1.97. The Morgan fingerprint density at radius 1 is 1.44 bits per heavy atom. The second kappa shape index (κ2) is 5.98. The number of benzene rings is 1. The van der Waals surface area contributed by atoms with E-state index >= 15 is 0 Å². The number of amides is 1. The summed E-state index contributed by atoms with van der Waals surface area (Å²) >= 11 is 0. The molecule has 1 saturated heterocycles. The van der Waals surface area contributed by atoms with Crippen molar-refractivity contribution in [3.63, 3.8) is 0 Å². The van der Waals surface area contributed by atoms with Crippen molar-refractivity contribution < 1.29 is 9.53 Å². The van der Waals surface area contributed by atoms with Crippen LogP contribution in [0.1, 0.15) is 19.4 Å². The molecular formula is C14H20N2O2. The number of ether oxygens (including phenoxy) is 1. The molecule has 98 valence electrons. The molecule has 1 fully saturated rings. The van der Waals surface area contributed by atoms with Gasteiger partial charge in [0.2, 0.25) is 5.91 Å². The average Bonchev–Trinajstić information content (AvgIpc) is 2.40. The molecule has 1 aliphatic rings. The van der Waals surface area contributed by atoms with Gasteiger partial charge in [-0.1, -0.05) is 19.1 Å². The summed E-state index contributed by atoms with van der Waals surface area (Å²) in [6.07, 6.45) is 0.914. The van der Waals surface area contributed by atoms with Crippen molar-refractivity contribution in [2.24, 2.45) is 0 Å². The molecule has 0 aliphatic carbocycles. The number of aryl methyl sites for hydroxylation is 1. The Morgan fingerprint density at radius 3 is 2.78 bits per heavy atom. The first-order valence-corrected chi connectivity index (χ1v) is 6.45. The highest BCUT2D eigenvalue weighted by molar-refractivity contribution is 5.95. The Labute approximate surface area is 108 Å². The lowest BCUT2D eigenvalue weighted by Gasteiger charge is -2.29. The van der Waals surface area contributed by atoms with Crippen molar-refractivity contribution in [1.82, 2.24) is 5.32 Å². The minimum Gasteiger partial charge on any atom is -0.375 e. The fourth-order valence-electron chi connectivity index (χ4n) is 2.07. The van der Waals surface area contributed by atoms with Crippen molar-refractivity contribution in [2.75, 3.05) is 18.5 Å². The predicted molar refractivity (Wildman–Crippen MR) is 71.7 cm³/mol. The molecule has 18 heavy (non-hydrogen) atoms. The Morgan fingerprint density at radius 2 is 2.17 bits per heavy atom. The first-order chi connectivity index (χ1) is 8.70. The fourth-order valence-corrected chi connectivity index (χ4v) is 2.07. The summed E-state index contributed by atoms with van der Waals surface area (Å²) in [5, 5.41) is 6.09. The summed E-state index contributed by atoms with van der Waals surface area (Å²) in [6, 6.07) is 7.66. The average molecular weight is 248 g/mol. The van der Waals surface area contributed by atoms with Crippen LogP contribution in [-0.4, -0.2) is 31.2 Å². The highest BCUT2D eigenvalue weighted by Crippen LogP contribution is 2.12. The number of rotatable bonds is 3. The standard InChI is InChI=1S/C14H20N2O2/c1-3-11-4-6-12(7-5-11)16-14(17)13-10(2)18-9-8-15-13/h4-7,10,13,15H,3,8-9H2,1-2H3,(H,16,17)/t10-,13+/m1/s1. The molecule has 0 spiro atoms. The SMILES string of the molecule is CCc1ccc(NC(=O)[C@H]2NCCO[C@@H]2C)cc1. The highest BCUT2D eigenvalue weighted by Gasteiger charge is 2.28. The van der Waals surface area contributed by atoms with Gasteiger partial charge in [0.25, 0.3) is 0 Å². The molecule has 2 atom stereocenters. The third-order valence-electron chi connectivity index (χ3n) is 3.23. The maximum atomic E-state index is 12.1. The van der Waals surface area contributed by atoms with E-state index in [2.05, 4.69) is 17.6 Å². The number of carbonyl (C=O) groups is 1. The molecule has 1 aromatic carbocycles. The molecule has 2 rings (SSSR count). The van der Waals surface area contributed by atoms with Crippen LogP contribution >= 0.6 is 0 Å². The Hall–Kier alpha value is -1.39. The first kappa shape index (κ1) is 13.1. The van der Waals surface area contributed by atoms with Crippen LogP contribution in [0.5, 0.6) is 0 Å². The number of nitrogens with one attached hydrogen (secondary N) is 2. The second-order valence-electron chi connectivity index (χ2n) is 4.55. The van der Waals surface area contributed by atoms with Gasteiger partial charge in [0.1, 0.15) is 6.04 Å². The monoisotopic (exact) mass is 248 g/mol. The zero-order valence-electron chi connectivity index (χ0n) is 10.9. The summed E-state index contributed by atoms with van der Waals surface area (Å²) < 4.78 is 5.46. The number of carbonyl (C=O) groups excluding carboxylic acids is 1. The molecule has 4 heteroatoms. The van der Waals surface area contributed by atoms with Crippen molar-refractivity contribution in [3.8, 4) is 0 Å². The highest BCUT2D eigenvalue weighted by atomic mass is 16.5. The van der Waals surface area contributed by atoms with Gasteiger partial charge < -0.3 is 15.4 Å². The summed E-state index contributed by atoms with van der Waals surface area (Å²) in [6.45, 7) is 5.41. The van der Waals surface area contributed by atoms with Crippen LogP contribution < -0.4 is 10.6 Å². The third kappa shape index (κ3) is 3.09. The van der Waals surface area contributed by atoms with Crippen LogP contribution in [0.2, 0.25) is 0 Å². The maximum absolute atomic E-state index is 12.1. The largest absolute Gasteiger partial charge is 0.375 e. The molecule has 0 radical (unpaired) electrons. The Bertz CT molecular complexity index is 403. The van der Waals surface area contributed by atoms with Crippen LogP contribution in [-0.2, 0) is 16.0 Å². The lowest BCUT2D eigenvalue weighted by Crippen LogP contribution is -2.53. The normalized spacial score (nSPS) is 23.7. The van der Waals surface area contributed by atoms with Gasteiger partial charge >= 0.3 is 0 Å². The van der Waals surface area contributed by atoms with Gasteiger partial charge in [-0.05, 0) is 31.0 Å². The van der Waals surface area contributed by atoms with Crippen molar-refractivity contribution in [3.05, 3.63) is 29.8 Å². The summed E-state index contributed by atoms with van der Waals surface area (Å²) in [5.41, 5.74) is 2.09. The molecular weight excluding hydrogens is 228 g/mol. The topological polar surface area (TPSA) is 50.4 Å². The second-order valence-corrected chi connectivity index (χ2v) is 4.55. The fraction of sp³-hybridized carbons (Fsp3) is 0.500. The molecule has 1 aromatic rings. The van der Waals surface area contributed by atoms with E-state index in [-0.39, 0.29) is 18.1 Å². The van der Waals surface area contributed by atoms with E-state index in [9.17, 15) is 4.79 Å². The van der Waals surface area contributed by atoms with Crippen LogP contribution in [0.15, 0.2) is 24.3 Å². The lowest BCUT2D eigenvalue weighted by atomic mass is 10.1. The smallest absolute Gasteiger partial charge is 0.244 e. The van der Waals surface area contributed by atoms with E-state index in [1.165, 1.54) is 5.56 Å². The minimum atomic E-state index is -0.274. The molecule has 0 unspecified atom stereocenters. The molecule has 2 N–H and O–H groups in total. The molecule has 1 amide bonds. The summed E-state index contributed by atoms with van der Waals surface area (Å²) in [7, 11) is 0. The predicted octanol–water partition coefficient (Wildman–Crippen LogP) is 1.56. The van der Waals surface area contributed by atoms with E-state index in [0.717, 1.165) is 18.7 Å². The molecule has 1 aliphatic heterocycles. The van der Waals surface area contributed by atoms with E-state index in [4.69, 9.17) is 4.74 Å². The van der Waals surface area contributed by atoms with E-state index < -0.39 is 0 Å². The molecule has 0 bridgehead atoms. The summed E-state index contributed by atoms with van der Waals surface area (Å²) in [4.78, 5) is 12.1. The van der Waals surface area contributed by atoms with Gasteiger partial charge in [0, 0.05) is 12.2 Å². The van der Waals surface area contributed by atoms with Crippen LogP contribution in [0.3, 0.4) is 0 Å². The molecule has 0 aromatic heterocycles. The van der Waals surface area contributed by atoms with Crippen molar-refractivity contribution in [1.29, 1.82) is 0 Å². The maximum Gasteiger partial charge on any atom is 0.244 e. The van der Waals surface area contributed by atoms with E-state index in [1.807, 2.05) is 31.2 Å². The van der Waals surface area contributed by atoms with Crippen molar-refractivity contribution >= 4 is 11.6 Å². The van der Waals surface area contributed by atoms with Crippen molar-refractivity contribution in [2.45, 2.75) is 32.4 Å². The van der Waals surface area contributed by atoms with E-state index in [1.54, 1.807) is 0 Å². The van der Waals surface area contributed by atoms with Crippen LogP contribution in [0.25, 0.3) is 0 Å². The third-order valence-corrected chi connectivity index (χ3v) is 3.23. The number of hydrogen-bond acceptors (Lipinski definition) is 3. The number of hydrogen-bond donors (Lipinski definition) is 2. The number of anilines is 1. The molecule has 1 heterocycles. The zero-order valence-corrected chi connectivity index (χ0v) is 10.9. The number of morpholine rings is 1. The quantitative estimate of drug-likeness (QED) is 0.853. The minimum absolute atomic E-state index is 0.0357. The van der Waals surface area contributed by atoms with Gasteiger partial charge in [-0.3, -0.25) is 4.79 Å². The summed E-state index contributed by atoms with van der Waals surface area (Å²) in [5.74, 6) is -0.0357. The van der Waals surface area contributed by atoms with Gasteiger partial charge in [-0.25, -0.2) is 0 Å².